The van der Waals surface area contributed by atoms with Gasteiger partial charge < -0.3 is 10.1 Å². The highest BCUT2D eigenvalue weighted by Gasteiger charge is 2.14. The van der Waals surface area contributed by atoms with Gasteiger partial charge in [0.15, 0.2) is 5.78 Å². The maximum Gasteiger partial charge on any atom is 0.251 e. The van der Waals surface area contributed by atoms with Gasteiger partial charge in [-0.25, -0.2) is 13.1 Å². The first-order valence-electron chi connectivity index (χ1n) is 10.3. The molecule has 172 valence electrons. The number of nitrogens with one attached hydrogen (secondary N) is 2. The van der Waals surface area contributed by atoms with Crippen LogP contribution in [0.1, 0.15) is 44.3 Å². The molecule has 0 heterocycles. The number of methoxy groups -OCH3 is 1. The van der Waals surface area contributed by atoms with E-state index in [2.05, 4.69) is 10.0 Å². The van der Waals surface area contributed by atoms with E-state index in [9.17, 15) is 18.0 Å². The lowest BCUT2D eigenvalue weighted by atomic mass is 10.1. The Morgan fingerprint density at radius 3 is 2.09 bits per heavy atom. The van der Waals surface area contributed by atoms with Crippen molar-refractivity contribution in [3.05, 3.63) is 101 Å². The van der Waals surface area contributed by atoms with E-state index in [-0.39, 0.29) is 23.1 Å². The van der Waals surface area contributed by atoms with Crippen LogP contribution >= 0.6 is 0 Å². The summed E-state index contributed by atoms with van der Waals surface area (Å²) in [5.41, 5.74) is 3.65. The van der Waals surface area contributed by atoms with Gasteiger partial charge in [0.05, 0.1) is 11.5 Å². The van der Waals surface area contributed by atoms with Crippen LogP contribution in [0, 0.1) is 0 Å². The molecule has 33 heavy (non-hydrogen) atoms. The average Bonchev–Trinajstić information content (AvgIpc) is 2.82. The second-order valence-corrected chi connectivity index (χ2v) is 9.30. The molecule has 8 heteroatoms. The van der Waals surface area contributed by atoms with Gasteiger partial charge in [0.2, 0.25) is 10.0 Å². The van der Waals surface area contributed by atoms with Crippen LogP contribution in [-0.4, -0.2) is 27.2 Å². The van der Waals surface area contributed by atoms with Gasteiger partial charge in [-0.15, -0.1) is 0 Å². The third-order valence-corrected chi connectivity index (χ3v) is 6.43. The van der Waals surface area contributed by atoms with Crippen molar-refractivity contribution < 1.29 is 22.7 Å². The van der Waals surface area contributed by atoms with Crippen LogP contribution < -0.4 is 10.0 Å². The van der Waals surface area contributed by atoms with E-state index in [0.29, 0.717) is 29.8 Å². The molecule has 0 radical (unpaired) electrons. The van der Waals surface area contributed by atoms with E-state index in [1.165, 1.54) is 31.2 Å². The molecule has 0 bridgehead atoms. The molecule has 0 atom stereocenters. The number of ketones is 1. The zero-order chi connectivity index (χ0) is 23.8. The van der Waals surface area contributed by atoms with Crippen LogP contribution in [0.25, 0.3) is 0 Å². The summed E-state index contributed by atoms with van der Waals surface area (Å²) in [5.74, 6) is -0.347. The lowest BCUT2D eigenvalue weighted by molar-refractivity contribution is 0.0950. The zero-order valence-electron chi connectivity index (χ0n) is 18.5. The van der Waals surface area contributed by atoms with Crippen molar-refractivity contribution in [3.8, 4) is 0 Å². The van der Waals surface area contributed by atoms with Crippen LogP contribution in [0.3, 0.4) is 0 Å². The standard InChI is InChI=1S/C25H26N2O5S/c1-18(28)22-10-12-24(13-11-22)33(30,31)27-16-19-6-8-23(9-7-19)25(29)26-15-20-4-3-5-21(14-20)17-32-2/h3-14,27H,15-17H2,1-2H3,(H,26,29). The lowest BCUT2D eigenvalue weighted by Gasteiger charge is -2.09. The number of rotatable bonds is 10. The third kappa shape index (κ3) is 6.82. The molecule has 0 fully saturated rings. The fraction of sp³-hybridized carbons (Fsp3) is 0.200. The predicted octanol–water partition coefficient (Wildman–Crippen LogP) is 3.44. The summed E-state index contributed by atoms with van der Waals surface area (Å²) >= 11 is 0. The van der Waals surface area contributed by atoms with Crippen LogP contribution in [-0.2, 0) is 34.5 Å². The molecule has 0 aromatic heterocycles. The monoisotopic (exact) mass is 466 g/mol. The number of sulfonamides is 1. The van der Waals surface area contributed by atoms with Gasteiger partial charge in [-0.05, 0) is 47.9 Å². The molecule has 0 aliphatic carbocycles. The Morgan fingerprint density at radius 1 is 0.818 bits per heavy atom. The molecule has 0 spiro atoms. The van der Waals surface area contributed by atoms with E-state index >= 15 is 0 Å². The molecular weight excluding hydrogens is 440 g/mol. The van der Waals surface area contributed by atoms with Gasteiger partial charge in [-0.2, -0.15) is 0 Å². The Morgan fingerprint density at radius 2 is 1.45 bits per heavy atom. The van der Waals surface area contributed by atoms with Gasteiger partial charge in [0.25, 0.3) is 5.91 Å². The van der Waals surface area contributed by atoms with E-state index in [1.807, 2.05) is 24.3 Å². The van der Waals surface area contributed by atoms with Crippen molar-refractivity contribution >= 4 is 21.7 Å². The summed E-state index contributed by atoms with van der Waals surface area (Å²) in [6, 6.07) is 20.3. The molecule has 0 aliphatic heterocycles. The number of ether oxygens (including phenoxy) is 1. The highest BCUT2D eigenvalue weighted by atomic mass is 32.2. The van der Waals surface area contributed by atoms with Gasteiger partial charge in [-0.3, -0.25) is 9.59 Å². The Balaban J connectivity index is 1.55. The second kappa shape index (κ2) is 11.0. The first kappa shape index (κ1) is 24.3. The predicted molar refractivity (Wildman–Crippen MR) is 125 cm³/mol. The van der Waals surface area contributed by atoms with Crippen LogP contribution in [0.2, 0.25) is 0 Å². The van der Waals surface area contributed by atoms with E-state index in [4.69, 9.17) is 4.74 Å². The normalized spacial score (nSPS) is 11.2. The maximum absolute atomic E-state index is 12.5. The van der Waals surface area contributed by atoms with E-state index in [1.54, 1.807) is 31.4 Å². The zero-order valence-corrected chi connectivity index (χ0v) is 19.3. The minimum absolute atomic E-state index is 0.0744. The molecule has 7 nitrogen and oxygen atoms in total. The van der Waals surface area contributed by atoms with Gasteiger partial charge in [0, 0.05) is 31.3 Å². The molecule has 1 amide bonds. The fourth-order valence-corrected chi connectivity index (χ4v) is 4.20. The summed E-state index contributed by atoms with van der Waals surface area (Å²) < 4.78 is 32.6. The SMILES string of the molecule is COCc1cccc(CNC(=O)c2ccc(CNS(=O)(=O)c3ccc(C(C)=O)cc3)cc2)c1. The number of Topliss-reactive ketones (excluding diaryl/α,β-unsaturated/α-hetero) is 1. The smallest absolute Gasteiger partial charge is 0.251 e. The van der Waals surface area contributed by atoms with Gasteiger partial charge in [-0.1, -0.05) is 48.5 Å². The van der Waals surface area contributed by atoms with Crippen molar-refractivity contribution in [2.24, 2.45) is 0 Å². The second-order valence-electron chi connectivity index (χ2n) is 7.54. The van der Waals surface area contributed by atoms with Crippen LogP contribution in [0.5, 0.6) is 0 Å². The topological polar surface area (TPSA) is 102 Å². The quantitative estimate of drug-likeness (QED) is 0.446. The van der Waals surface area contributed by atoms with Crippen LogP contribution in [0.4, 0.5) is 0 Å². The summed E-state index contributed by atoms with van der Waals surface area (Å²) in [5, 5.41) is 2.88. The van der Waals surface area contributed by atoms with Gasteiger partial charge in [0.1, 0.15) is 0 Å². The number of carbonyl (C=O) groups is 2. The molecule has 2 N–H and O–H groups in total. The molecule has 0 aliphatic rings. The Labute approximate surface area is 193 Å². The molecule has 0 unspecified atom stereocenters. The van der Waals surface area contributed by atoms with E-state index in [0.717, 1.165) is 11.1 Å². The Bertz CT molecular complexity index is 1220. The Hall–Kier alpha value is -3.33. The summed E-state index contributed by atoms with van der Waals surface area (Å²) in [7, 11) is -2.09. The highest BCUT2D eigenvalue weighted by molar-refractivity contribution is 7.89. The maximum atomic E-state index is 12.5. The molecule has 3 rings (SSSR count). The first-order chi connectivity index (χ1) is 15.8. The average molecular weight is 467 g/mol. The summed E-state index contributed by atoms with van der Waals surface area (Å²) in [6.07, 6.45) is 0. The van der Waals surface area contributed by atoms with Gasteiger partial charge >= 0.3 is 0 Å². The van der Waals surface area contributed by atoms with Crippen molar-refractivity contribution in [3.63, 3.8) is 0 Å². The minimum atomic E-state index is -3.72. The molecular formula is C25H26N2O5S. The number of benzene rings is 3. The minimum Gasteiger partial charge on any atom is -0.380 e. The van der Waals surface area contributed by atoms with Crippen molar-refractivity contribution in [2.45, 2.75) is 31.5 Å². The molecule has 3 aromatic rings. The van der Waals surface area contributed by atoms with E-state index < -0.39 is 10.0 Å². The van der Waals surface area contributed by atoms with Crippen molar-refractivity contribution in [1.29, 1.82) is 0 Å². The number of hydrogen-bond acceptors (Lipinski definition) is 5. The van der Waals surface area contributed by atoms with Crippen molar-refractivity contribution in [2.75, 3.05) is 7.11 Å². The highest BCUT2D eigenvalue weighted by Crippen LogP contribution is 2.13. The lowest BCUT2D eigenvalue weighted by Crippen LogP contribution is -2.24. The number of carbonyl (C=O) groups excluding carboxylic acids is 2. The molecule has 0 saturated heterocycles. The largest absolute Gasteiger partial charge is 0.380 e. The summed E-state index contributed by atoms with van der Waals surface area (Å²) in [6.45, 7) is 2.40. The Kier molecular flexibility index (Phi) is 8.11. The van der Waals surface area contributed by atoms with Crippen molar-refractivity contribution in [1.82, 2.24) is 10.0 Å². The number of amides is 1. The fourth-order valence-electron chi connectivity index (χ4n) is 3.18. The third-order valence-electron chi connectivity index (χ3n) is 5.01. The van der Waals surface area contributed by atoms with Crippen LogP contribution in [0.15, 0.2) is 77.7 Å². The molecule has 0 saturated carbocycles. The first-order valence-corrected chi connectivity index (χ1v) is 11.8. The molecule has 3 aromatic carbocycles. The number of hydrogen-bond donors (Lipinski definition) is 2. The summed E-state index contributed by atoms with van der Waals surface area (Å²) in [4.78, 5) is 23.9.